The molecule has 0 fully saturated rings. The van der Waals surface area contributed by atoms with Crippen LogP contribution in [0, 0.1) is 24.7 Å². The molecular formula is C14H25O4Si2. The molecular weight excluding hydrogens is 288 g/mol. The van der Waals surface area contributed by atoms with Crippen molar-refractivity contribution in [3.05, 3.63) is 0 Å². The number of rotatable bonds is 8. The molecule has 0 saturated heterocycles. The Morgan fingerprint density at radius 1 is 1.00 bits per heavy atom. The van der Waals surface area contributed by atoms with E-state index in [1.54, 1.807) is 28.1 Å². The van der Waals surface area contributed by atoms with Crippen molar-refractivity contribution in [1.82, 2.24) is 0 Å². The lowest BCUT2D eigenvalue weighted by atomic mass is 10.2. The summed E-state index contributed by atoms with van der Waals surface area (Å²) in [5.74, 6) is 5.21. The van der Waals surface area contributed by atoms with E-state index in [1.807, 2.05) is 20.4 Å². The van der Waals surface area contributed by atoms with Gasteiger partial charge in [0.15, 0.2) is 0 Å². The monoisotopic (exact) mass is 313 g/mol. The van der Waals surface area contributed by atoms with Gasteiger partial charge in [0.05, 0.1) is 0 Å². The van der Waals surface area contributed by atoms with Gasteiger partial charge in [0.2, 0.25) is 9.04 Å². The lowest BCUT2D eigenvalue weighted by Gasteiger charge is -2.34. The molecule has 0 aliphatic carbocycles. The van der Waals surface area contributed by atoms with Crippen LogP contribution in [0.4, 0.5) is 0 Å². The standard InChI is InChI=1S/C14H25O4Si2/c1-10-13(3,4)17-19(9)12-20(15-7,16-8)18-14(5,6)11-2/h1-2H,12H2,3-9H3. The topological polar surface area (TPSA) is 36.9 Å². The average molecular weight is 314 g/mol. The Hall–Kier alpha value is -0.606. The number of hydrogen-bond donors (Lipinski definition) is 0. The fourth-order valence-corrected chi connectivity index (χ4v) is 7.84. The number of hydrogen-bond acceptors (Lipinski definition) is 4. The van der Waals surface area contributed by atoms with Crippen LogP contribution in [-0.2, 0) is 17.7 Å². The first-order chi connectivity index (χ1) is 9.05. The summed E-state index contributed by atoms with van der Waals surface area (Å²) in [6, 6.07) is 0. The van der Waals surface area contributed by atoms with Gasteiger partial charge in [0.1, 0.15) is 11.2 Å². The highest BCUT2D eigenvalue weighted by Crippen LogP contribution is 2.24. The second-order valence-corrected chi connectivity index (χ2v) is 10.9. The second kappa shape index (κ2) is 7.42. The molecule has 0 amide bonds. The minimum atomic E-state index is -2.87. The van der Waals surface area contributed by atoms with Crippen molar-refractivity contribution >= 4 is 17.8 Å². The molecule has 0 atom stereocenters. The summed E-state index contributed by atoms with van der Waals surface area (Å²) in [5, 5.41) is 0. The third-order valence-electron chi connectivity index (χ3n) is 2.62. The molecule has 113 valence electrons. The van der Waals surface area contributed by atoms with Crippen molar-refractivity contribution in [2.45, 2.75) is 51.1 Å². The van der Waals surface area contributed by atoms with Crippen molar-refractivity contribution in [3.63, 3.8) is 0 Å². The van der Waals surface area contributed by atoms with E-state index < -0.39 is 29.0 Å². The Kier molecular flexibility index (Phi) is 7.19. The van der Waals surface area contributed by atoms with Gasteiger partial charge >= 0.3 is 8.80 Å². The van der Waals surface area contributed by atoms with Gasteiger partial charge in [-0.05, 0) is 34.2 Å². The Morgan fingerprint density at radius 3 is 1.80 bits per heavy atom. The predicted octanol–water partition coefficient (Wildman–Crippen LogP) is 2.24. The number of terminal acetylenes is 2. The van der Waals surface area contributed by atoms with Crippen LogP contribution < -0.4 is 0 Å². The average Bonchev–Trinajstić information content (AvgIpc) is 2.37. The fourth-order valence-electron chi connectivity index (χ4n) is 1.57. The van der Waals surface area contributed by atoms with Gasteiger partial charge in [-0.15, -0.1) is 12.8 Å². The highest BCUT2D eigenvalue weighted by atomic mass is 28.4. The molecule has 20 heavy (non-hydrogen) atoms. The summed E-state index contributed by atoms with van der Waals surface area (Å²) in [7, 11) is -0.963. The third kappa shape index (κ3) is 6.23. The summed E-state index contributed by atoms with van der Waals surface area (Å²) in [5.41, 5.74) is -0.783. The molecule has 0 aliphatic heterocycles. The van der Waals surface area contributed by atoms with Crippen LogP contribution >= 0.6 is 0 Å². The van der Waals surface area contributed by atoms with Gasteiger partial charge in [0, 0.05) is 19.9 Å². The molecule has 1 radical (unpaired) electrons. The van der Waals surface area contributed by atoms with Crippen LogP contribution in [0.25, 0.3) is 0 Å². The zero-order valence-corrected chi connectivity index (χ0v) is 15.5. The Balaban J connectivity index is 4.95. The van der Waals surface area contributed by atoms with Crippen LogP contribution in [0.1, 0.15) is 27.7 Å². The van der Waals surface area contributed by atoms with E-state index in [9.17, 15) is 0 Å². The molecule has 0 aromatic heterocycles. The first-order valence-electron chi connectivity index (χ1n) is 6.33. The van der Waals surface area contributed by atoms with Crippen LogP contribution in [0.3, 0.4) is 0 Å². The molecule has 0 aliphatic rings. The summed E-state index contributed by atoms with van der Waals surface area (Å²) >= 11 is 0. The van der Waals surface area contributed by atoms with E-state index in [-0.39, 0.29) is 0 Å². The zero-order valence-electron chi connectivity index (χ0n) is 13.5. The third-order valence-corrected chi connectivity index (χ3v) is 9.27. The highest BCUT2D eigenvalue weighted by Gasteiger charge is 2.46. The SMILES string of the molecule is C#CC(C)(C)O[Si](C)C[Si](OC)(OC)OC(C)(C)C#C. The van der Waals surface area contributed by atoms with Gasteiger partial charge in [-0.25, -0.2) is 0 Å². The first-order valence-corrected chi connectivity index (χ1v) is 10.4. The van der Waals surface area contributed by atoms with E-state index in [2.05, 4.69) is 11.8 Å². The first kappa shape index (κ1) is 19.4. The Morgan fingerprint density at radius 2 is 1.45 bits per heavy atom. The Bertz CT molecular complexity index is 389. The molecule has 0 heterocycles. The van der Waals surface area contributed by atoms with Gasteiger partial charge in [-0.2, -0.15) is 0 Å². The smallest absolute Gasteiger partial charge is 0.401 e. The molecule has 0 N–H and O–H groups in total. The molecule has 0 saturated carbocycles. The van der Waals surface area contributed by atoms with Gasteiger partial charge in [0.25, 0.3) is 0 Å². The van der Waals surface area contributed by atoms with E-state index in [0.29, 0.717) is 5.67 Å². The molecule has 0 spiro atoms. The van der Waals surface area contributed by atoms with Crippen molar-refractivity contribution in [2.75, 3.05) is 14.2 Å². The quantitative estimate of drug-likeness (QED) is 0.509. The van der Waals surface area contributed by atoms with Crippen LogP contribution in [0.2, 0.25) is 12.2 Å². The normalized spacial score (nSPS) is 13.1. The summed E-state index contributed by atoms with van der Waals surface area (Å²) in [6.07, 6.45) is 10.9. The van der Waals surface area contributed by atoms with Crippen molar-refractivity contribution in [3.8, 4) is 24.7 Å². The highest BCUT2D eigenvalue weighted by molar-refractivity contribution is 6.75. The molecule has 0 aromatic carbocycles. The van der Waals surface area contributed by atoms with Crippen molar-refractivity contribution in [2.24, 2.45) is 0 Å². The maximum absolute atomic E-state index is 5.94. The van der Waals surface area contributed by atoms with Crippen LogP contribution in [0.5, 0.6) is 0 Å². The predicted molar refractivity (Wildman–Crippen MR) is 84.2 cm³/mol. The Labute approximate surface area is 126 Å². The molecule has 4 nitrogen and oxygen atoms in total. The zero-order chi connectivity index (χ0) is 16.0. The summed E-state index contributed by atoms with van der Waals surface area (Å²) in [6.45, 7) is 9.34. The largest absolute Gasteiger partial charge is 0.500 e. The van der Waals surface area contributed by atoms with E-state index in [4.69, 9.17) is 30.6 Å². The van der Waals surface area contributed by atoms with Crippen LogP contribution in [-0.4, -0.2) is 43.3 Å². The van der Waals surface area contributed by atoms with Gasteiger partial charge < -0.3 is 17.7 Å². The lowest BCUT2D eigenvalue weighted by Crippen LogP contribution is -2.53. The molecule has 0 unspecified atom stereocenters. The molecule has 0 aromatic rings. The van der Waals surface area contributed by atoms with E-state index in [1.165, 1.54) is 0 Å². The maximum atomic E-state index is 5.94. The lowest BCUT2D eigenvalue weighted by molar-refractivity contribution is 0.0400. The fraction of sp³-hybridized carbons (Fsp3) is 0.714. The van der Waals surface area contributed by atoms with Crippen molar-refractivity contribution < 1.29 is 17.7 Å². The second-order valence-electron chi connectivity index (χ2n) is 5.48. The molecule has 0 rings (SSSR count). The van der Waals surface area contributed by atoms with Gasteiger partial charge in [-0.3, -0.25) is 0 Å². The molecule has 6 heteroatoms. The minimum Gasteiger partial charge on any atom is -0.401 e. The van der Waals surface area contributed by atoms with Gasteiger partial charge in [-0.1, -0.05) is 11.8 Å². The maximum Gasteiger partial charge on any atom is 0.500 e. The summed E-state index contributed by atoms with van der Waals surface area (Å²) in [4.78, 5) is 0. The molecule has 0 bridgehead atoms. The summed E-state index contributed by atoms with van der Waals surface area (Å²) < 4.78 is 22.9. The van der Waals surface area contributed by atoms with E-state index >= 15 is 0 Å². The van der Waals surface area contributed by atoms with Crippen molar-refractivity contribution in [1.29, 1.82) is 0 Å². The van der Waals surface area contributed by atoms with E-state index in [0.717, 1.165) is 0 Å². The van der Waals surface area contributed by atoms with Crippen LogP contribution in [0.15, 0.2) is 0 Å². The minimum absolute atomic E-state index is 0.570.